The summed E-state index contributed by atoms with van der Waals surface area (Å²) in [6.45, 7) is 7.26. The van der Waals surface area contributed by atoms with E-state index in [1.165, 1.54) is 0 Å². The van der Waals surface area contributed by atoms with Gasteiger partial charge in [-0.3, -0.25) is 4.79 Å². The summed E-state index contributed by atoms with van der Waals surface area (Å²) >= 11 is 0. The molecular weight excluding hydrogens is 340 g/mol. The molecule has 27 heavy (non-hydrogen) atoms. The van der Waals surface area contributed by atoms with Crippen LogP contribution in [0.25, 0.3) is 0 Å². The highest BCUT2D eigenvalue weighted by Gasteiger charge is 2.44. The summed E-state index contributed by atoms with van der Waals surface area (Å²) in [6, 6.07) is 15.7. The minimum Gasteiger partial charge on any atom is -0.491 e. The Bertz CT molecular complexity index is 808. The Hall–Kier alpha value is -2.53. The number of methoxy groups -OCH3 is 1. The van der Waals surface area contributed by atoms with E-state index in [-0.39, 0.29) is 11.9 Å². The van der Waals surface area contributed by atoms with E-state index in [1.54, 1.807) is 7.11 Å². The van der Waals surface area contributed by atoms with Crippen LogP contribution in [0.4, 0.5) is 5.69 Å². The zero-order chi connectivity index (χ0) is 19.4. The van der Waals surface area contributed by atoms with Crippen molar-refractivity contribution in [3.05, 3.63) is 59.7 Å². The molecule has 2 aromatic rings. The molecule has 1 amide bonds. The fourth-order valence-corrected chi connectivity index (χ4v) is 3.60. The number of hydrogen-bond acceptors (Lipinski definition) is 4. The number of anilines is 1. The van der Waals surface area contributed by atoms with Gasteiger partial charge < -0.3 is 19.7 Å². The van der Waals surface area contributed by atoms with E-state index in [4.69, 9.17) is 9.47 Å². The van der Waals surface area contributed by atoms with E-state index < -0.39 is 5.66 Å². The van der Waals surface area contributed by atoms with Crippen LogP contribution in [0, 0.1) is 0 Å². The van der Waals surface area contributed by atoms with Crippen LogP contribution in [0.2, 0.25) is 0 Å². The number of rotatable bonds is 7. The van der Waals surface area contributed by atoms with E-state index in [0.29, 0.717) is 18.8 Å². The van der Waals surface area contributed by atoms with Gasteiger partial charge >= 0.3 is 0 Å². The Kier molecular flexibility index (Phi) is 5.71. The lowest BCUT2D eigenvalue weighted by Crippen LogP contribution is -2.58. The second-order valence-corrected chi connectivity index (χ2v) is 7.04. The molecule has 0 radical (unpaired) electrons. The van der Waals surface area contributed by atoms with Crippen LogP contribution in [0.5, 0.6) is 5.75 Å². The second kappa shape index (κ2) is 8.01. The number of amides is 1. The molecule has 0 fully saturated rings. The first-order chi connectivity index (χ1) is 13.0. The van der Waals surface area contributed by atoms with E-state index in [9.17, 15) is 4.79 Å². The van der Waals surface area contributed by atoms with Crippen LogP contribution in [0.15, 0.2) is 48.5 Å². The summed E-state index contributed by atoms with van der Waals surface area (Å²) in [5, 5.41) is 3.60. The molecule has 1 heterocycles. The first-order valence-corrected chi connectivity index (χ1v) is 9.44. The lowest BCUT2D eigenvalue weighted by Gasteiger charge is -2.49. The lowest BCUT2D eigenvalue weighted by molar-refractivity contribution is 0.0399. The van der Waals surface area contributed by atoms with Crippen molar-refractivity contribution in [2.75, 3.05) is 25.6 Å². The van der Waals surface area contributed by atoms with Crippen molar-refractivity contribution in [3.63, 3.8) is 0 Å². The number of benzene rings is 2. The standard InChI is InChI=1S/C22H28N2O3/c1-5-16(2)24-21(25)19-11-6-7-12-20(19)23-22(24,3)17-9-8-10-18(15-17)27-14-13-26-4/h6-12,15-16,23H,5,13-14H2,1-4H3. The molecule has 0 bridgehead atoms. The Morgan fingerprint density at radius 3 is 2.67 bits per heavy atom. The molecular formula is C22H28N2O3. The molecule has 3 rings (SSSR count). The third kappa shape index (κ3) is 3.65. The van der Waals surface area contributed by atoms with Gasteiger partial charge in [0.15, 0.2) is 0 Å². The fraction of sp³-hybridized carbons (Fsp3) is 0.409. The first kappa shape index (κ1) is 19.2. The highest BCUT2D eigenvalue weighted by Crippen LogP contribution is 2.40. The topological polar surface area (TPSA) is 50.8 Å². The average Bonchev–Trinajstić information content (AvgIpc) is 2.68. The van der Waals surface area contributed by atoms with Crippen molar-refractivity contribution < 1.29 is 14.3 Å². The normalized spacial score (nSPS) is 20.0. The van der Waals surface area contributed by atoms with E-state index in [2.05, 4.69) is 26.1 Å². The highest BCUT2D eigenvalue weighted by molar-refractivity contribution is 6.02. The van der Waals surface area contributed by atoms with Crippen LogP contribution in [-0.2, 0) is 10.4 Å². The molecule has 0 aromatic heterocycles. The SMILES string of the molecule is CCC(C)N1C(=O)c2ccccc2NC1(C)c1cccc(OCCOC)c1. The third-order valence-corrected chi connectivity index (χ3v) is 5.22. The zero-order valence-electron chi connectivity index (χ0n) is 16.5. The molecule has 0 saturated carbocycles. The summed E-state index contributed by atoms with van der Waals surface area (Å²) in [6.07, 6.45) is 0.870. The average molecular weight is 368 g/mol. The molecule has 5 heteroatoms. The van der Waals surface area contributed by atoms with E-state index in [1.807, 2.05) is 53.4 Å². The van der Waals surface area contributed by atoms with Gasteiger partial charge in [-0.2, -0.15) is 0 Å². The summed E-state index contributed by atoms with van der Waals surface area (Å²) in [5.41, 5.74) is 1.89. The van der Waals surface area contributed by atoms with Gasteiger partial charge in [0, 0.05) is 24.4 Å². The molecule has 1 aliphatic heterocycles. The van der Waals surface area contributed by atoms with Gasteiger partial charge in [0.2, 0.25) is 0 Å². The minimum absolute atomic E-state index is 0.0481. The van der Waals surface area contributed by atoms with Crippen molar-refractivity contribution in [3.8, 4) is 5.75 Å². The monoisotopic (exact) mass is 368 g/mol. The number of fused-ring (bicyclic) bond motifs is 1. The molecule has 144 valence electrons. The van der Waals surface area contributed by atoms with Crippen LogP contribution in [0.1, 0.15) is 43.1 Å². The highest BCUT2D eigenvalue weighted by atomic mass is 16.5. The quantitative estimate of drug-likeness (QED) is 0.742. The molecule has 1 aliphatic rings. The second-order valence-electron chi connectivity index (χ2n) is 7.04. The van der Waals surface area contributed by atoms with Gasteiger partial charge in [0.25, 0.3) is 5.91 Å². The van der Waals surface area contributed by atoms with Gasteiger partial charge in [0.05, 0.1) is 12.2 Å². The number of carbonyl (C=O) groups excluding carboxylic acids is 1. The summed E-state index contributed by atoms with van der Waals surface area (Å²) < 4.78 is 10.8. The molecule has 0 spiro atoms. The molecule has 5 nitrogen and oxygen atoms in total. The van der Waals surface area contributed by atoms with Crippen LogP contribution < -0.4 is 10.1 Å². The third-order valence-electron chi connectivity index (χ3n) is 5.22. The Morgan fingerprint density at radius 1 is 1.15 bits per heavy atom. The number of hydrogen-bond donors (Lipinski definition) is 1. The van der Waals surface area contributed by atoms with E-state index in [0.717, 1.165) is 23.4 Å². The number of carbonyl (C=O) groups is 1. The molecule has 2 unspecified atom stereocenters. The summed E-state index contributed by atoms with van der Waals surface area (Å²) in [5.74, 6) is 0.815. The van der Waals surface area contributed by atoms with Gasteiger partial charge in [-0.25, -0.2) is 0 Å². The number of ether oxygens (including phenoxy) is 2. The van der Waals surface area contributed by atoms with E-state index >= 15 is 0 Å². The van der Waals surface area contributed by atoms with Crippen molar-refractivity contribution in [1.29, 1.82) is 0 Å². The smallest absolute Gasteiger partial charge is 0.258 e. The van der Waals surface area contributed by atoms with Crippen molar-refractivity contribution in [1.82, 2.24) is 4.90 Å². The predicted molar refractivity (Wildman–Crippen MR) is 107 cm³/mol. The Labute approximate surface area is 161 Å². The maximum absolute atomic E-state index is 13.3. The summed E-state index contributed by atoms with van der Waals surface area (Å²) in [4.78, 5) is 15.3. The van der Waals surface area contributed by atoms with Gasteiger partial charge in [-0.05, 0) is 44.5 Å². The van der Waals surface area contributed by atoms with Crippen LogP contribution in [0.3, 0.4) is 0 Å². The number of para-hydroxylation sites is 1. The van der Waals surface area contributed by atoms with Gasteiger partial charge in [-0.1, -0.05) is 31.2 Å². The van der Waals surface area contributed by atoms with Gasteiger partial charge in [-0.15, -0.1) is 0 Å². The lowest BCUT2D eigenvalue weighted by atomic mass is 9.91. The van der Waals surface area contributed by atoms with Crippen molar-refractivity contribution in [2.45, 2.75) is 38.9 Å². The van der Waals surface area contributed by atoms with Crippen molar-refractivity contribution >= 4 is 11.6 Å². The first-order valence-electron chi connectivity index (χ1n) is 9.44. The Morgan fingerprint density at radius 2 is 1.93 bits per heavy atom. The molecule has 1 N–H and O–H groups in total. The number of nitrogens with one attached hydrogen (secondary N) is 1. The van der Waals surface area contributed by atoms with Crippen molar-refractivity contribution in [2.24, 2.45) is 0 Å². The molecule has 2 atom stereocenters. The maximum atomic E-state index is 13.3. The van der Waals surface area contributed by atoms with Gasteiger partial charge in [0.1, 0.15) is 18.0 Å². The fourth-order valence-electron chi connectivity index (χ4n) is 3.60. The zero-order valence-corrected chi connectivity index (χ0v) is 16.5. The van der Waals surface area contributed by atoms with Crippen LogP contribution >= 0.6 is 0 Å². The minimum atomic E-state index is -0.665. The summed E-state index contributed by atoms with van der Waals surface area (Å²) in [7, 11) is 1.65. The predicted octanol–water partition coefficient (Wildman–Crippen LogP) is 4.25. The van der Waals surface area contributed by atoms with Crippen LogP contribution in [-0.4, -0.2) is 37.2 Å². The maximum Gasteiger partial charge on any atom is 0.258 e. The molecule has 0 aliphatic carbocycles. The Balaban J connectivity index is 2.03. The number of nitrogens with zero attached hydrogens (tertiary/aromatic N) is 1. The molecule has 0 saturated heterocycles. The molecule has 2 aromatic carbocycles. The largest absolute Gasteiger partial charge is 0.491 e.